The zero-order valence-corrected chi connectivity index (χ0v) is 21.1. The molecule has 0 unspecified atom stereocenters. The molecule has 0 aliphatic carbocycles. The van der Waals surface area contributed by atoms with E-state index in [1.165, 1.54) is 6.92 Å². The molecule has 1 aromatic heterocycles. The largest absolute Gasteiger partial charge is 0.493 e. The zero-order chi connectivity index (χ0) is 24.9. The van der Waals surface area contributed by atoms with Gasteiger partial charge < -0.3 is 13.9 Å². The number of benzene rings is 2. The van der Waals surface area contributed by atoms with Crippen molar-refractivity contribution in [1.29, 1.82) is 0 Å². The molecule has 0 fully saturated rings. The smallest absolute Gasteiger partial charge is 0.367 e. The van der Waals surface area contributed by atoms with Gasteiger partial charge >= 0.3 is 5.97 Å². The minimum Gasteiger partial charge on any atom is -0.493 e. The van der Waals surface area contributed by atoms with Gasteiger partial charge in [-0.2, -0.15) is 4.39 Å². The maximum atomic E-state index is 14.6. The first kappa shape index (κ1) is 25.5. The Hall–Kier alpha value is -3.08. The lowest BCUT2D eigenvalue weighted by Crippen LogP contribution is -2.08. The van der Waals surface area contributed by atoms with Crippen LogP contribution in [0.2, 0.25) is 0 Å². The monoisotopic (exact) mass is 466 g/mol. The third kappa shape index (κ3) is 5.88. The number of ether oxygens (including phenoxy) is 2. The number of furan rings is 1. The van der Waals surface area contributed by atoms with Gasteiger partial charge in [0.05, 0.1) is 13.2 Å². The van der Waals surface area contributed by atoms with Crippen LogP contribution in [0.25, 0.3) is 27.7 Å². The number of hydrogen-bond acceptors (Lipinski definition) is 4. The number of rotatable bonds is 9. The maximum absolute atomic E-state index is 14.6. The van der Waals surface area contributed by atoms with Crippen LogP contribution in [-0.4, -0.2) is 19.2 Å². The molecule has 1 heterocycles. The molecule has 0 aliphatic rings. The number of aryl methyl sites for hydroxylation is 1. The second-order valence-corrected chi connectivity index (χ2v) is 9.70. The molecular formula is C29H35FO4. The van der Waals surface area contributed by atoms with E-state index in [1.807, 2.05) is 30.3 Å². The number of fused-ring (bicyclic) bond motifs is 1. The molecule has 0 aliphatic heterocycles. The molecule has 0 atom stereocenters. The minimum absolute atomic E-state index is 0.107. The molecule has 2 aromatic carbocycles. The highest BCUT2D eigenvalue weighted by Crippen LogP contribution is 2.40. The van der Waals surface area contributed by atoms with Crippen molar-refractivity contribution >= 4 is 22.5 Å². The Morgan fingerprint density at radius 1 is 1.06 bits per heavy atom. The molecule has 0 amide bonds. The summed E-state index contributed by atoms with van der Waals surface area (Å²) in [5, 5.41) is 0.824. The Labute approximate surface area is 201 Å². The van der Waals surface area contributed by atoms with Crippen LogP contribution >= 0.6 is 0 Å². The fraction of sp³-hybridized carbons (Fsp3) is 0.414. The van der Waals surface area contributed by atoms with Gasteiger partial charge in [0, 0.05) is 22.1 Å². The molecule has 3 aromatic rings. The fourth-order valence-electron chi connectivity index (χ4n) is 3.79. The number of halogens is 1. The van der Waals surface area contributed by atoms with Crippen LogP contribution < -0.4 is 4.74 Å². The van der Waals surface area contributed by atoms with E-state index in [-0.39, 0.29) is 17.6 Å². The Morgan fingerprint density at radius 2 is 1.76 bits per heavy atom. The standard InChI is InChI=1S/C29H35FO4/c1-7-17-33-26-20(15-16-29(4,5)6)11-9-13-22(26)23-14-10-12-21-18-24(34-27(21)23)19(3)25(30)28(31)32-8-2/h9-14,18H,7-8,15-17H2,1-6H3. The number of esters is 1. The minimum atomic E-state index is -0.984. The summed E-state index contributed by atoms with van der Waals surface area (Å²) < 4.78 is 31.8. The van der Waals surface area contributed by atoms with E-state index >= 15 is 0 Å². The van der Waals surface area contributed by atoms with E-state index in [0.717, 1.165) is 47.1 Å². The number of para-hydroxylation sites is 2. The molecule has 0 saturated heterocycles. The van der Waals surface area contributed by atoms with Crippen molar-refractivity contribution in [3.8, 4) is 16.9 Å². The molecule has 0 radical (unpaired) electrons. The average Bonchev–Trinajstić information content (AvgIpc) is 3.24. The van der Waals surface area contributed by atoms with Crippen molar-refractivity contribution in [2.24, 2.45) is 5.41 Å². The highest BCUT2D eigenvalue weighted by atomic mass is 19.1. The highest BCUT2D eigenvalue weighted by molar-refractivity contribution is 5.98. The summed E-state index contributed by atoms with van der Waals surface area (Å²) >= 11 is 0. The first-order chi connectivity index (χ1) is 16.2. The Kier molecular flexibility index (Phi) is 8.19. The van der Waals surface area contributed by atoms with Gasteiger partial charge in [-0.05, 0) is 50.2 Å². The fourth-order valence-corrected chi connectivity index (χ4v) is 3.79. The van der Waals surface area contributed by atoms with Gasteiger partial charge in [0.2, 0.25) is 5.83 Å². The predicted octanol–water partition coefficient (Wildman–Crippen LogP) is 8.13. The molecular weight excluding hydrogens is 431 g/mol. The molecule has 0 saturated carbocycles. The van der Waals surface area contributed by atoms with E-state index in [0.29, 0.717) is 18.0 Å². The first-order valence-corrected chi connectivity index (χ1v) is 12.0. The van der Waals surface area contributed by atoms with E-state index in [2.05, 4.69) is 33.8 Å². The number of hydrogen-bond donors (Lipinski definition) is 0. The average molecular weight is 467 g/mol. The molecule has 0 bridgehead atoms. The van der Waals surface area contributed by atoms with Gasteiger partial charge in [0.15, 0.2) is 0 Å². The Morgan fingerprint density at radius 3 is 2.44 bits per heavy atom. The van der Waals surface area contributed by atoms with Crippen LogP contribution in [0.3, 0.4) is 0 Å². The van der Waals surface area contributed by atoms with Crippen LogP contribution in [0.15, 0.2) is 52.7 Å². The lowest BCUT2D eigenvalue weighted by atomic mass is 9.87. The summed E-state index contributed by atoms with van der Waals surface area (Å²) in [6.45, 7) is 12.7. The lowest BCUT2D eigenvalue weighted by molar-refractivity contribution is -0.140. The van der Waals surface area contributed by atoms with Crippen molar-refractivity contribution in [1.82, 2.24) is 0 Å². The molecule has 5 heteroatoms. The quantitative estimate of drug-likeness (QED) is 0.236. The van der Waals surface area contributed by atoms with Crippen LogP contribution in [-0.2, 0) is 16.0 Å². The summed E-state index contributed by atoms with van der Waals surface area (Å²) in [6, 6.07) is 13.8. The summed E-state index contributed by atoms with van der Waals surface area (Å²) in [4.78, 5) is 11.9. The number of carbonyl (C=O) groups excluding carboxylic acids is 1. The van der Waals surface area contributed by atoms with E-state index in [9.17, 15) is 9.18 Å². The highest BCUT2D eigenvalue weighted by Gasteiger charge is 2.21. The third-order valence-corrected chi connectivity index (χ3v) is 5.68. The molecule has 3 rings (SSSR count). The van der Waals surface area contributed by atoms with Crippen molar-refractivity contribution in [3.63, 3.8) is 0 Å². The topological polar surface area (TPSA) is 48.7 Å². The lowest BCUT2D eigenvalue weighted by Gasteiger charge is -2.21. The van der Waals surface area contributed by atoms with E-state index < -0.39 is 11.8 Å². The van der Waals surface area contributed by atoms with Crippen LogP contribution in [0.4, 0.5) is 4.39 Å². The molecule has 0 spiro atoms. The van der Waals surface area contributed by atoms with Crippen molar-refractivity contribution in [2.75, 3.05) is 13.2 Å². The second kappa shape index (κ2) is 10.9. The molecule has 34 heavy (non-hydrogen) atoms. The summed E-state index contributed by atoms with van der Waals surface area (Å²) in [5.41, 5.74) is 3.93. The van der Waals surface area contributed by atoms with Gasteiger partial charge in [-0.15, -0.1) is 0 Å². The number of carbonyl (C=O) groups is 1. The van der Waals surface area contributed by atoms with Gasteiger partial charge in [-0.3, -0.25) is 0 Å². The van der Waals surface area contributed by atoms with E-state index in [4.69, 9.17) is 13.9 Å². The van der Waals surface area contributed by atoms with Gasteiger partial charge in [-0.25, -0.2) is 4.79 Å². The Bertz CT molecular complexity index is 1180. The van der Waals surface area contributed by atoms with Crippen molar-refractivity contribution in [3.05, 3.63) is 59.6 Å². The van der Waals surface area contributed by atoms with Crippen molar-refractivity contribution < 1.29 is 23.1 Å². The predicted molar refractivity (Wildman–Crippen MR) is 136 cm³/mol. The SMILES string of the molecule is CCCOc1c(CCC(C)(C)C)cccc1-c1cccc2cc(C(C)=C(F)C(=O)OCC)oc12. The van der Waals surface area contributed by atoms with Crippen LogP contribution in [0.1, 0.15) is 65.7 Å². The summed E-state index contributed by atoms with van der Waals surface area (Å²) in [5.74, 6) is -0.766. The van der Waals surface area contributed by atoms with Gasteiger partial charge in [0.25, 0.3) is 0 Å². The van der Waals surface area contributed by atoms with Crippen molar-refractivity contribution in [2.45, 2.75) is 60.8 Å². The summed E-state index contributed by atoms with van der Waals surface area (Å²) in [7, 11) is 0. The van der Waals surface area contributed by atoms with E-state index in [1.54, 1.807) is 13.0 Å². The second-order valence-electron chi connectivity index (χ2n) is 9.70. The first-order valence-electron chi connectivity index (χ1n) is 12.0. The van der Waals surface area contributed by atoms with Crippen LogP contribution in [0, 0.1) is 5.41 Å². The van der Waals surface area contributed by atoms with Gasteiger partial charge in [-0.1, -0.05) is 64.1 Å². The van der Waals surface area contributed by atoms with Crippen LogP contribution in [0.5, 0.6) is 5.75 Å². The normalized spacial score (nSPS) is 12.6. The third-order valence-electron chi connectivity index (χ3n) is 5.68. The number of allylic oxidation sites excluding steroid dienone is 1. The maximum Gasteiger partial charge on any atom is 0.367 e. The zero-order valence-electron chi connectivity index (χ0n) is 21.1. The molecule has 182 valence electrons. The van der Waals surface area contributed by atoms with Gasteiger partial charge in [0.1, 0.15) is 17.1 Å². The molecule has 0 N–H and O–H groups in total. The summed E-state index contributed by atoms with van der Waals surface area (Å²) in [6.07, 6.45) is 2.84. The molecule has 4 nitrogen and oxygen atoms in total. The Balaban J connectivity index is 2.11.